The van der Waals surface area contributed by atoms with Crippen molar-refractivity contribution in [3.05, 3.63) is 23.4 Å². The van der Waals surface area contributed by atoms with Crippen LogP contribution in [0, 0.1) is 5.41 Å². The molecule has 3 aliphatic rings. The zero-order valence-corrected chi connectivity index (χ0v) is 15.3. The van der Waals surface area contributed by atoms with Crippen LogP contribution in [0.3, 0.4) is 0 Å². The molecule has 5 nitrogen and oxygen atoms in total. The first kappa shape index (κ1) is 17.1. The highest BCUT2D eigenvalue weighted by molar-refractivity contribution is 6.30. The molecule has 1 aromatic rings. The molecule has 1 spiro atoms. The summed E-state index contributed by atoms with van der Waals surface area (Å²) in [6, 6.07) is 4.16. The average molecular weight is 364 g/mol. The highest BCUT2D eigenvalue weighted by Gasteiger charge is 2.50. The van der Waals surface area contributed by atoms with E-state index in [0.29, 0.717) is 17.0 Å². The molecule has 1 aromatic heterocycles. The van der Waals surface area contributed by atoms with E-state index in [2.05, 4.69) is 14.8 Å². The van der Waals surface area contributed by atoms with Gasteiger partial charge in [-0.3, -0.25) is 4.79 Å². The number of halogens is 1. The van der Waals surface area contributed by atoms with Crippen molar-refractivity contribution in [1.29, 1.82) is 0 Å². The van der Waals surface area contributed by atoms with Crippen LogP contribution in [0.25, 0.3) is 0 Å². The average Bonchev–Trinajstić information content (AvgIpc) is 2.94. The maximum absolute atomic E-state index is 13.2. The monoisotopic (exact) mass is 363 g/mol. The van der Waals surface area contributed by atoms with Crippen LogP contribution >= 0.6 is 11.6 Å². The minimum atomic E-state index is -0.168. The quantitative estimate of drug-likeness (QED) is 0.877. The Hall–Kier alpha value is -1.33. The predicted molar refractivity (Wildman–Crippen MR) is 97.7 cm³/mol. The van der Waals surface area contributed by atoms with E-state index in [1.807, 2.05) is 12.1 Å². The molecule has 4 rings (SSSR count). The van der Waals surface area contributed by atoms with Gasteiger partial charge in [0.25, 0.3) is 0 Å². The van der Waals surface area contributed by atoms with Crippen LogP contribution < -0.4 is 4.90 Å². The normalized spacial score (nSPS) is 29.4. The SMILES string of the molecule is O=C1N([C@H]2CC[C@H](O)CC2)CCC12CCN(c1ccc(Cl)cn1)CC2. The minimum absolute atomic E-state index is 0.168. The second-order valence-corrected chi connectivity index (χ2v) is 8.25. The van der Waals surface area contributed by atoms with Gasteiger partial charge < -0.3 is 14.9 Å². The molecule has 6 heteroatoms. The number of aromatic nitrogens is 1. The van der Waals surface area contributed by atoms with Gasteiger partial charge >= 0.3 is 0 Å². The van der Waals surface area contributed by atoms with E-state index in [1.165, 1.54) is 0 Å². The first-order chi connectivity index (χ1) is 12.1. The van der Waals surface area contributed by atoms with Crippen molar-refractivity contribution in [2.45, 2.75) is 57.1 Å². The van der Waals surface area contributed by atoms with Crippen LogP contribution in [-0.2, 0) is 4.79 Å². The smallest absolute Gasteiger partial charge is 0.229 e. The fourth-order valence-corrected chi connectivity index (χ4v) is 4.86. The summed E-state index contributed by atoms with van der Waals surface area (Å²) in [7, 11) is 0. The number of piperidine rings is 1. The van der Waals surface area contributed by atoms with Gasteiger partial charge in [0.05, 0.1) is 16.5 Å². The molecular weight excluding hydrogens is 338 g/mol. The number of carbonyl (C=O) groups excluding carboxylic acids is 1. The molecule has 3 heterocycles. The van der Waals surface area contributed by atoms with Gasteiger partial charge in [0, 0.05) is 31.9 Å². The van der Waals surface area contributed by atoms with Crippen LogP contribution in [-0.4, -0.2) is 52.7 Å². The van der Waals surface area contributed by atoms with Gasteiger partial charge in [-0.2, -0.15) is 0 Å². The van der Waals surface area contributed by atoms with E-state index < -0.39 is 0 Å². The number of nitrogens with zero attached hydrogens (tertiary/aromatic N) is 3. The Morgan fingerprint density at radius 1 is 1.08 bits per heavy atom. The van der Waals surface area contributed by atoms with Crippen molar-refractivity contribution in [1.82, 2.24) is 9.88 Å². The van der Waals surface area contributed by atoms with Crippen molar-refractivity contribution < 1.29 is 9.90 Å². The third-order valence-corrected chi connectivity index (χ3v) is 6.63. The van der Waals surface area contributed by atoms with Gasteiger partial charge in [-0.1, -0.05) is 11.6 Å². The van der Waals surface area contributed by atoms with E-state index in [4.69, 9.17) is 11.6 Å². The van der Waals surface area contributed by atoms with Crippen LogP contribution in [0.15, 0.2) is 18.3 Å². The van der Waals surface area contributed by atoms with Crippen molar-refractivity contribution in [2.24, 2.45) is 5.41 Å². The van der Waals surface area contributed by atoms with Crippen molar-refractivity contribution >= 4 is 23.3 Å². The highest BCUT2D eigenvalue weighted by Crippen LogP contribution is 2.44. The highest BCUT2D eigenvalue weighted by atomic mass is 35.5. The summed E-state index contributed by atoms with van der Waals surface area (Å²) in [4.78, 5) is 22.0. The van der Waals surface area contributed by atoms with Gasteiger partial charge in [0.15, 0.2) is 0 Å². The Kier molecular flexibility index (Phi) is 4.63. The molecule has 1 amide bonds. The third-order valence-electron chi connectivity index (χ3n) is 6.41. The second kappa shape index (κ2) is 6.76. The second-order valence-electron chi connectivity index (χ2n) is 7.81. The number of aliphatic hydroxyl groups excluding tert-OH is 1. The molecule has 0 aromatic carbocycles. The summed E-state index contributed by atoms with van der Waals surface area (Å²) < 4.78 is 0. The Morgan fingerprint density at radius 3 is 2.40 bits per heavy atom. The number of carbonyl (C=O) groups is 1. The molecule has 2 saturated heterocycles. The Morgan fingerprint density at radius 2 is 1.76 bits per heavy atom. The maximum Gasteiger partial charge on any atom is 0.229 e. The Labute approximate surface area is 154 Å². The topological polar surface area (TPSA) is 56.7 Å². The van der Waals surface area contributed by atoms with Gasteiger partial charge in [-0.05, 0) is 57.1 Å². The molecule has 1 N–H and O–H groups in total. The van der Waals surface area contributed by atoms with E-state index in [-0.39, 0.29) is 11.5 Å². The summed E-state index contributed by atoms with van der Waals surface area (Å²) in [6.07, 6.45) is 7.86. The molecule has 0 radical (unpaired) electrons. The van der Waals surface area contributed by atoms with Gasteiger partial charge in [0.2, 0.25) is 5.91 Å². The molecule has 0 atom stereocenters. The number of amides is 1. The predicted octanol–water partition coefficient (Wildman–Crippen LogP) is 2.86. The number of hydrogen-bond donors (Lipinski definition) is 1. The molecular formula is C19H26ClN3O2. The van der Waals surface area contributed by atoms with E-state index in [9.17, 15) is 9.90 Å². The van der Waals surface area contributed by atoms with Crippen LogP contribution in [0.1, 0.15) is 44.9 Å². The first-order valence-electron chi connectivity index (χ1n) is 9.43. The zero-order valence-electron chi connectivity index (χ0n) is 14.5. The summed E-state index contributed by atoms with van der Waals surface area (Å²) in [6.45, 7) is 2.63. The van der Waals surface area contributed by atoms with Crippen molar-refractivity contribution in [3.8, 4) is 0 Å². The lowest BCUT2D eigenvalue weighted by Gasteiger charge is -2.40. The van der Waals surface area contributed by atoms with E-state index in [0.717, 1.165) is 70.4 Å². The molecule has 25 heavy (non-hydrogen) atoms. The number of hydrogen-bond acceptors (Lipinski definition) is 4. The molecule has 0 unspecified atom stereocenters. The fourth-order valence-electron chi connectivity index (χ4n) is 4.75. The minimum Gasteiger partial charge on any atom is -0.393 e. The van der Waals surface area contributed by atoms with Crippen LogP contribution in [0.4, 0.5) is 5.82 Å². The van der Waals surface area contributed by atoms with Crippen LogP contribution in [0.2, 0.25) is 5.02 Å². The lowest BCUT2D eigenvalue weighted by Crippen LogP contribution is -2.47. The summed E-state index contributed by atoms with van der Waals surface area (Å²) in [5.74, 6) is 1.31. The van der Waals surface area contributed by atoms with Crippen molar-refractivity contribution in [2.75, 3.05) is 24.5 Å². The number of anilines is 1. The number of pyridine rings is 1. The standard InChI is InChI=1S/C19H26ClN3O2/c20-14-1-6-17(21-13-14)22-10-7-19(8-11-22)9-12-23(18(19)25)15-2-4-16(24)5-3-15/h1,6,13,15-16,24H,2-5,7-12H2/t15-,16-. The number of rotatable bonds is 2. The molecule has 136 valence electrons. The van der Waals surface area contributed by atoms with Crippen molar-refractivity contribution in [3.63, 3.8) is 0 Å². The zero-order chi connectivity index (χ0) is 17.4. The van der Waals surface area contributed by atoms with Gasteiger partial charge in [0.1, 0.15) is 5.82 Å². The van der Waals surface area contributed by atoms with E-state index in [1.54, 1.807) is 6.20 Å². The first-order valence-corrected chi connectivity index (χ1v) is 9.81. The summed E-state index contributed by atoms with van der Waals surface area (Å²) in [5.41, 5.74) is -0.168. The summed E-state index contributed by atoms with van der Waals surface area (Å²) in [5, 5.41) is 10.4. The lowest BCUT2D eigenvalue weighted by atomic mass is 9.77. The third kappa shape index (κ3) is 3.24. The molecule has 2 aliphatic heterocycles. The van der Waals surface area contributed by atoms with Gasteiger partial charge in [-0.15, -0.1) is 0 Å². The fraction of sp³-hybridized carbons (Fsp3) is 0.684. The Balaban J connectivity index is 1.39. The molecule has 1 aliphatic carbocycles. The maximum atomic E-state index is 13.2. The molecule has 1 saturated carbocycles. The number of aliphatic hydroxyl groups is 1. The molecule has 0 bridgehead atoms. The molecule has 3 fully saturated rings. The van der Waals surface area contributed by atoms with E-state index >= 15 is 0 Å². The van der Waals surface area contributed by atoms with Gasteiger partial charge in [-0.25, -0.2) is 4.98 Å². The number of likely N-dealkylation sites (tertiary alicyclic amines) is 1. The largest absolute Gasteiger partial charge is 0.393 e. The Bertz CT molecular complexity index is 620. The van der Waals surface area contributed by atoms with Crippen LogP contribution in [0.5, 0.6) is 0 Å². The lowest BCUT2D eigenvalue weighted by molar-refractivity contribution is -0.139. The summed E-state index contributed by atoms with van der Waals surface area (Å²) >= 11 is 5.92.